The van der Waals surface area contributed by atoms with Crippen LogP contribution < -0.4 is 0 Å². The molecule has 0 heterocycles. The van der Waals surface area contributed by atoms with Gasteiger partial charge in [-0.25, -0.2) is 0 Å². The van der Waals surface area contributed by atoms with Gasteiger partial charge in [-0.15, -0.1) is 0 Å². The summed E-state index contributed by atoms with van der Waals surface area (Å²) in [7, 11) is 0. The highest BCUT2D eigenvalue weighted by Gasteiger charge is 2.11. The number of fused-ring (bicyclic) bond motifs is 3. The Morgan fingerprint density at radius 3 is 1.85 bits per heavy atom. The Kier molecular flexibility index (Phi) is 2.32. The van der Waals surface area contributed by atoms with Gasteiger partial charge in [0.25, 0.3) is 0 Å². The Hall–Kier alpha value is -2.08. The second-order valence-electron chi connectivity index (χ2n) is 6.20. The van der Waals surface area contributed by atoms with Gasteiger partial charge in [0.15, 0.2) is 0 Å². The van der Waals surface area contributed by atoms with E-state index in [4.69, 9.17) is 0 Å². The van der Waals surface area contributed by atoms with Crippen molar-refractivity contribution < 1.29 is 0 Å². The number of hydrogen-bond acceptors (Lipinski definition) is 0. The maximum atomic E-state index is 2.37. The third-order valence-electron chi connectivity index (χ3n) is 4.54. The predicted molar refractivity (Wildman–Crippen MR) is 88.3 cm³/mol. The van der Waals surface area contributed by atoms with Crippen LogP contribution in [0.4, 0.5) is 0 Å². The van der Waals surface area contributed by atoms with Gasteiger partial charge in [0.2, 0.25) is 0 Å². The van der Waals surface area contributed by atoms with Crippen LogP contribution in [0.1, 0.15) is 29.2 Å². The number of hydrogen-bond donors (Lipinski definition) is 0. The van der Waals surface area contributed by atoms with Crippen molar-refractivity contribution in [2.24, 2.45) is 0 Å². The number of aryl methyl sites for hydroxylation is 2. The van der Waals surface area contributed by atoms with Crippen LogP contribution in [0.5, 0.6) is 0 Å². The second-order valence-corrected chi connectivity index (χ2v) is 6.20. The van der Waals surface area contributed by atoms with Crippen molar-refractivity contribution in [1.82, 2.24) is 0 Å². The van der Waals surface area contributed by atoms with Gasteiger partial charge < -0.3 is 0 Å². The first-order chi connectivity index (χ1) is 9.60. The summed E-state index contributed by atoms with van der Waals surface area (Å²) in [4.78, 5) is 0. The molecule has 1 aliphatic carbocycles. The lowest BCUT2D eigenvalue weighted by molar-refractivity contribution is 1.20. The zero-order chi connectivity index (χ0) is 13.9. The first kappa shape index (κ1) is 11.7. The fourth-order valence-electron chi connectivity index (χ4n) is 3.30. The molecule has 0 amide bonds. The highest BCUT2D eigenvalue weighted by molar-refractivity contribution is 6.00. The van der Waals surface area contributed by atoms with E-state index in [0.29, 0.717) is 0 Å². The molecule has 0 spiro atoms. The lowest BCUT2D eigenvalue weighted by Crippen LogP contribution is -1.86. The van der Waals surface area contributed by atoms with E-state index in [0.717, 1.165) is 6.42 Å². The molecule has 0 radical (unpaired) electrons. The van der Waals surface area contributed by atoms with Crippen LogP contribution in [0.2, 0.25) is 0 Å². The SMILES string of the molecule is CC1=Cc2cc3cc4cc(C)c(C)cc4cc3cc2C1. The number of benzene rings is 3. The Morgan fingerprint density at radius 1 is 0.650 bits per heavy atom. The van der Waals surface area contributed by atoms with Crippen molar-refractivity contribution >= 4 is 27.6 Å². The summed E-state index contributed by atoms with van der Waals surface area (Å²) in [5, 5.41) is 5.41. The minimum Gasteiger partial charge on any atom is -0.0683 e. The van der Waals surface area contributed by atoms with E-state index in [-0.39, 0.29) is 0 Å². The standard InChI is InChI=1S/C20H18/c1-12-4-15-8-19-10-17-6-13(2)14(3)7-18(17)11-20(19)9-16(15)5-12/h4,6-11H,5H2,1-3H3. The van der Waals surface area contributed by atoms with Crippen molar-refractivity contribution in [2.75, 3.05) is 0 Å². The molecular formula is C20H18. The number of rotatable bonds is 0. The van der Waals surface area contributed by atoms with Crippen LogP contribution in [-0.2, 0) is 6.42 Å². The quantitative estimate of drug-likeness (QED) is 0.462. The van der Waals surface area contributed by atoms with E-state index in [1.165, 1.54) is 49.4 Å². The molecule has 0 N–H and O–H groups in total. The van der Waals surface area contributed by atoms with Gasteiger partial charge in [-0.05, 0) is 89.2 Å². The van der Waals surface area contributed by atoms with Crippen LogP contribution >= 0.6 is 0 Å². The molecule has 0 atom stereocenters. The van der Waals surface area contributed by atoms with Gasteiger partial charge in [0, 0.05) is 0 Å². The zero-order valence-corrected chi connectivity index (χ0v) is 12.2. The predicted octanol–water partition coefficient (Wildman–Crippen LogP) is 5.57. The minimum absolute atomic E-state index is 1.11. The van der Waals surface area contributed by atoms with Crippen molar-refractivity contribution in [3.63, 3.8) is 0 Å². The molecule has 0 bridgehead atoms. The summed E-state index contributed by atoms with van der Waals surface area (Å²) in [6.45, 7) is 6.59. The van der Waals surface area contributed by atoms with Gasteiger partial charge in [0.1, 0.15) is 0 Å². The molecule has 0 fully saturated rings. The van der Waals surface area contributed by atoms with E-state index < -0.39 is 0 Å². The molecule has 0 aliphatic heterocycles. The van der Waals surface area contributed by atoms with Gasteiger partial charge in [-0.3, -0.25) is 0 Å². The molecule has 0 saturated carbocycles. The van der Waals surface area contributed by atoms with Gasteiger partial charge >= 0.3 is 0 Å². The Labute approximate surface area is 119 Å². The fourth-order valence-corrected chi connectivity index (χ4v) is 3.30. The lowest BCUT2D eigenvalue weighted by Gasteiger charge is -2.08. The average molecular weight is 258 g/mol. The smallest absolute Gasteiger partial charge is 0.00604 e. The van der Waals surface area contributed by atoms with Crippen molar-refractivity contribution in [1.29, 1.82) is 0 Å². The largest absolute Gasteiger partial charge is 0.0683 e. The minimum atomic E-state index is 1.11. The summed E-state index contributed by atoms with van der Waals surface area (Å²) in [6.07, 6.45) is 3.43. The normalized spacial score (nSPS) is 13.8. The van der Waals surface area contributed by atoms with E-state index in [1.54, 1.807) is 0 Å². The molecule has 0 unspecified atom stereocenters. The average Bonchev–Trinajstić information content (AvgIpc) is 2.74. The van der Waals surface area contributed by atoms with Gasteiger partial charge in [-0.1, -0.05) is 29.8 Å². The molecule has 4 rings (SSSR count). The molecule has 20 heavy (non-hydrogen) atoms. The topological polar surface area (TPSA) is 0 Å². The summed E-state index contributed by atoms with van der Waals surface area (Å²) in [6, 6.07) is 14.0. The van der Waals surface area contributed by atoms with E-state index >= 15 is 0 Å². The van der Waals surface area contributed by atoms with Crippen LogP contribution in [0.25, 0.3) is 27.6 Å². The molecule has 1 aliphatic rings. The monoisotopic (exact) mass is 258 g/mol. The summed E-state index contributed by atoms with van der Waals surface area (Å²) in [5.74, 6) is 0. The van der Waals surface area contributed by atoms with Gasteiger partial charge in [-0.2, -0.15) is 0 Å². The van der Waals surface area contributed by atoms with E-state index in [2.05, 4.69) is 63.2 Å². The maximum Gasteiger partial charge on any atom is -0.00604 e. The molecule has 98 valence electrons. The van der Waals surface area contributed by atoms with Crippen molar-refractivity contribution in [2.45, 2.75) is 27.2 Å². The third kappa shape index (κ3) is 1.68. The van der Waals surface area contributed by atoms with Crippen LogP contribution in [0, 0.1) is 13.8 Å². The van der Waals surface area contributed by atoms with E-state index in [9.17, 15) is 0 Å². The third-order valence-corrected chi connectivity index (χ3v) is 4.54. The molecule has 0 heteroatoms. The second kappa shape index (κ2) is 3.96. The van der Waals surface area contributed by atoms with Crippen LogP contribution in [0.15, 0.2) is 42.0 Å². The summed E-state index contributed by atoms with van der Waals surface area (Å²) < 4.78 is 0. The maximum absolute atomic E-state index is 2.37. The molecule has 3 aromatic rings. The highest BCUT2D eigenvalue weighted by atomic mass is 14.2. The summed E-state index contributed by atoms with van der Waals surface area (Å²) >= 11 is 0. The zero-order valence-electron chi connectivity index (χ0n) is 12.2. The lowest BCUT2D eigenvalue weighted by atomic mass is 9.96. The van der Waals surface area contributed by atoms with Crippen molar-refractivity contribution in [3.05, 3.63) is 64.2 Å². The van der Waals surface area contributed by atoms with Crippen LogP contribution in [-0.4, -0.2) is 0 Å². The molecular weight excluding hydrogens is 240 g/mol. The fraction of sp³-hybridized carbons (Fsp3) is 0.200. The summed E-state index contributed by atoms with van der Waals surface area (Å²) in [5.41, 5.74) is 7.08. The Morgan fingerprint density at radius 2 is 1.20 bits per heavy atom. The first-order valence-electron chi connectivity index (χ1n) is 7.25. The number of allylic oxidation sites excluding steroid dienone is 1. The Bertz CT molecular complexity index is 895. The highest BCUT2D eigenvalue weighted by Crippen LogP contribution is 2.32. The molecule has 0 saturated heterocycles. The van der Waals surface area contributed by atoms with Crippen LogP contribution in [0.3, 0.4) is 0 Å². The Balaban J connectivity index is 2.05. The molecule has 0 aromatic heterocycles. The van der Waals surface area contributed by atoms with E-state index in [1.807, 2.05) is 0 Å². The van der Waals surface area contributed by atoms with Gasteiger partial charge in [0.05, 0.1) is 0 Å². The first-order valence-corrected chi connectivity index (χ1v) is 7.25. The molecule has 3 aromatic carbocycles. The van der Waals surface area contributed by atoms with Crippen molar-refractivity contribution in [3.8, 4) is 0 Å². The molecule has 0 nitrogen and oxygen atoms in total.